The van der Waals surface area contributed by atoms with Gasteiger partial charge in [-0.1, -0.05) is 29.8 Å². The van der Waals surface area contributed by atoms with Gasteiger partial charge in [-0.25, -0.2) is 0 Å². The molecule has 2 nitrogen and oxygen atoms in total. The van der Waals surface area contributed by atoms with Crippen LogP contribution in [0.2, 0.25) is 5.02 Å². The van der Waals surface area contributed by atoms with E-state index in [1.165, 1.54) is 0 Å². The van der Waals surface area contributed by atoms with Gasteiger partial charge in [-0.3, -0.25) is 0 Å². The second-order valence-corrected chi connectivity index (χ2v) is 3.95. The smallest absolute Gasteiger partial charge is 0.0720 e. The van der Waals surface area contributed by atoms with E-state index in [9.17, 15) is 0 Å². The number of aryl methyl sites for hydroxylation is 1. The maximum absolute atomic E-state index is 6.16. The zero-order chi connectivity index (χ0) is 10.8. The Balaban J connectivity index is 2.41. The van der Waals surface area contributed by atoms with Gasteiger partial charge in [0.1, 0.15) is 0 Å². The maximum Gasteiger partial charge on any atom is 0.0720 e. The van der Waals surface area contributed by atoms with E-state index in [4.69, 9.17) is 17.3 Å². The van der Waals surface area contributed by atoms with Gasteiger partial charge in [0, 0.05) is 24.0 Å². The number of hydrogen-bond acceptors (Lipinski definition) is 1. The highest BCUT2D eigenvalue weighted by Crippen LogP contribution is 2.25. The fourth-order valence-corrected chi connectivity index (χ4v) is 1.94. The summed E-state index contributed by atoms with van der Waals surface area (Å²) in [6.45, 7) is 0. The summed E-state index contributed by atoms with van der Waals surface area (Å²) in [7, 11) is 1.98. The average Bonchev–Trinajstić information content (AvgIpc) is 2.64. The van der Waals surface area contributed by atoms with Crippen LogP contribution in [0.3, 0.4) is 0 Å². The third kappa shape index (κ3) is 1.91. The molecule has 0 bridgehead atoms. The van der Waals surface area contributed by atoms with Gasteiger partial charge in [0.25, 0.3) is 0 Å². The number of aromatic nitrogens is 1. The summed E-state index contributed by atoms with van der Waals surface area (Å²) < 4.78 is 2.01. The van der Waals surface area contributed by atoms with Crippen LogP contribution in [0.5, 0.6) is 0 Å². The van der Waals surface area contributed by atoms with E-state index in [0.717, 1.165) is 11.3 Å². The minimum Gasteiger partial charge on any atom is -0.353 e. The van der Waals surface area contributed by atoms with Crippen molar-refractivity contribution >= 4 is 11.6 Å². The highest BCUT2D eigenvalue weighted by Gasteiger charge is 2.13. The maximum atomic E-state index is 6.16. The summed E-state index contributed by atoms with van der Waals surface area (Å²) in [5.74, 6) is 0. The van der Waals surface area contributed by atoms with Crippen molar-refractivity contribution in [3.05, 3.63) is 58.9 Å². The zero-order valence-corrected chi connectivity index (χ0v) is 9.28. The van der Waals surface area contributed by atoms with E-state index in [2.05, 4.69) is 0 Å². The highest BCUT2D eigenvalue weighted by atomic mass is 35.5. The van der Waals surface area contributed by atoms with Crippen molar-refractivity contribution in [1.29, 1.82) is 0 Å². The van der Waals surface area contributed by atoms with E-state index < -0.39 is 0 Å². The minimum atomic E-state index is -0.168. The van der Waals surface area contributed by atoms with Crippen LogP contribution in [0, 0.1) is 0 Å². The fraction of sp³-hybridized carbons (Fsp3) is 0.167. The Labute approximate surface area is 94.3 Å². The second-order valence-electron chi connectivity index (χ2n) is 3.54. The van der Waals surface area contributed by atoms with Crippen LogP contribution >= 0.6 is 11.6 Å². The molecule has 78 valence electrons. The first kappa shape index (κ1) is 10.3. The summed E-state index contributed by atoms with van der Waals surface area (Å²) in [6.07, 6.45) is 1.98. The predicted molar refractivity (Wildman–Crippen MR) is 62.9 cm³/mol. The Kier molecular flexibility index (Phi) is 2.80. The van der Waals surface area contributed by atoms with Crippen molar-refractivity contribution in [2.24, 2.45) is 12.8 Å². The SMILES string of the molecule is Cn1cccc1C(N)c1ccccc1Cl. The first-order valence-electron chi connectivity index (χ1n) is 4.81. The molecule has 0 aliphatic rings. The van der Waals surface area contributed by atoms with Crippen LogP contribution in [-0.4, -0.2) is 4.57 Å². The van der Waals surface area contributed by atoms with Gasteiger partial charge in [0.2, 0.25) is 0 Å². The molecule has 2 rings (SSSR count). The molecule has 3 heteroatoms. The van der Waals surface area contributed by atoms with Gasteiger partial charge in [-0.2, -0.15) is 0 Å². The second kappa shape index (κ2) is 4.09. The normalized spacial score (nSPS) is 12.7. The monoisotopic (exact) mass is 220 g/mol. The topological polar surface area (TPSA) is 30.9 Å². The summed E-state index contributed by atoms with van der Waals surface area (Å²) in [5, 5.41) is 0.714. The van der Waals surface area contributed by atoms with Crippen molar-refractivity contribution in [2.45, 2.75) is 6.04 Å². The van der Waals surface area contributed by atoms with Crippen LogP contribution < -0.4 is 5.73 Å². The van der Waals surface area contributed by atoms with E-state index in [0.29, 0.717) is 5.02 Å². The van der Waals surface area contributed by atoms with Crippen molar-refractivity contribution in [3.63, 3.8) is 0 Å². The summed E-state index contributed by atoms with van der Waals surface area (Å²) >= 11 is 6.10. The Hall–Kier alpha value is -1.25. The third-order valence-corrected chi connectivity index (χ3v) is 2.89. The van der Waals surface area contributed by atoms with Crippen LogP contribution in [0.4, 0.5) is 0 Å². The first-order valence-corrected chi connectivity index (χ1v) is 5.19. The molecule has 15 heavy (non-hydrogen) atoms. The van der Waals surface area contributed by atoms with Crippen LogP contribution in [0.15, 0.2) is 42.6 Å². The van der Waals surface area contributed by atoms with Crippen molar-refractivity contribution in [2.75, 3.05) is 0 Å². The van der Waals surface area contributed by atoms with Gasteiger partial charge in [-0.15, -0.1) is 0 Å². The Bertz CT molecular complexity index is 462. The summed E-state index contributed by atoms with van der Waals surface area (Å²) in [6, 6.07) is 11.5. The van der Waals surface area contributed by atoms with Crippen molar-refractivity contribution in [3.8, 4) is 0 Å². The molecule has 0 radical (unpaired) electrons. The number of rotatable bonds is 2. The molecule has 0 spiro atoms. The molecule has 0 saturated carbocycles. The number of nitrogens with zero attached hydrogens (tertiary/aromatic N) is 1. The van der Waals surface area contributed by atoms with Crippen LogP contribution in [-0.2, 0) is 7.05 Å². The molecule has 0 aliphatic heterocycles. The Morgan fingerprint density at radius 1 is 1.20 bits per heavy atom. The molecule has 0 saturated heterocycles. The number of benzene rings is 1. The summed E-state index contributed by atoms with van der Waals surface area (Å²) in [5.41, 5.74) is 8.17. The lowest BCUT2D eigenvalue weighted by Gasteiger charge is -2.14. The van der Waals surface area contributed by atoms with E-state index >= 15 is 0 Å². The Morgan fingerprint density at radius 2 is 1.93 bits per heavy atom. The van der Waals surface area contributed by atoms with Crippen LogP contribution in [0.25, 0.3) is 0 Å². The van der Waals surface area contributed by atoms with Gasteiger partial charge >= 0.3 is 0 Å². The van der Waals surface area contributed by atoms with Gasteiger partial charge < -0.3 is 10.3 Å². The zero-order valence-electron chi connectivity index (χ0n) is 8.52. The Morgan fingerprint density at radius 3 is 2.53 bits per heavy atom. The standard InChI is InChI=1S/C12H13ClN2/c1-15-8-4-7-11(15)12(14)9-5-2-3-6-10(9)13/h2-8,12H,14H2,1H3. The number of nitrogens with two attached hydrogens (primary N) is 1. The van der Waals surface area contributed by atoms with Gasteiger partial charge in [0.15, 0.2) is 0 Å². The molecule has 0 fully saturated rings. The van der Waals surface area contributed by atoms with Gasteiger partial charge in [-0.05, 0) is 23.8 Å². The average molecular weight is 221 g/mol. The molecule has 1 aromatic heterocycles. The molecule has 1 aromatic carbocycles. The molecular formula is C12H13ClN2. The molecule has 1 unspecified atom stereocenters. The quantitative estimate of drug-likeness (QED) is 0.829. The highest BCUT2D eigenvalue weighted by molar-refractivity contribution is 6.31. The summed E-state index contributed by atoms with van der Waals surface area (Å²) in [4.78, 5) is 0. The van der Waals surface area contributed by atoms with Crippen LogP contribution in [0.1, 0.15) is 17.3 Å². The third-order valence-electron chi connectivity index (χ3n) is 2.54. The molecule has 2 N–H and O–H groups in total. The number of hydrogen-bond donors (Lipinski definition) is 1. The first-order chi connectivity index (χ1) is 7.20. The van der Waals surface area contributed by atoms with E-state index in [1.807, 2.05) is 54.2 Å². The molecule has 1 atom stereocenters. The lowest BCUT2D eigenvalue weighted by molar-refractivity contribution is 0.747. The minimum absolute atomic E-state index is 0.168. The molecule has 0 amide bonds. The lowest BCUT2D eigenvalue weighted by Crippen LogP contribution is -2.15. The molecular weight excluding hydrogens is 208 g/mol. The largest absolute Gasteiger partial charge is 0.353 e. The predicted octanol–water partition coefficient (Wildman–Crippen LogP) is 2.73. The molecule has 0 aliphatic carbocycles. The molecule has 2 aromatic rings. The van der Waals surface area contributed by atoms with Gasteiger partial charge in [0.05, 0.1) is 6.04 Å². The van der Waals surface area contributed by atoms with E-state index in [-0.39, 0.29) is 6.04 Å². The van der Waals surface area contributed by atoms with Crippen molar-refractivity contribution < 1.29 is 0 Å². The fourth-order valence-electron chi connectivity index (χ4n) is 1.68. The lowest BCUT2D eigenvalue weighted by atomic mass is 10.0. The van der Waals surface area contributed by atoms with Crippen molar-refractivity contribution in [1.82, 2.24) is 4.57 Å². The molecule has 1 heterocycles. The number of halogens is 1. The van der Waals surface area contributed by atoms with E-state index in [1.54, 1.807) is 0 Å².